The molecule has 2 aliphatic rings. The molecule has 2 fully saturated rings. The lowest BCUT2D eigenvalue weighted by molar-refractivity contribution is 0.200. The van der Waals surface area contributed by atoms with Gasteiger partial charge in [-0.3, -0.25) is 0 Å². The summed E-state index contributed by atoms with van der Waals surface area (Å²) < 4.78 is 27.4. The van der Waals surface area contributed by atoms with Crippen LogP contribution in [0, 0.1) is 12.8 Å². The standard InChI is InChI=1S/C15H25N3O2S2/c1-12-15(21-11-16-12)6-9-22(19,20)17-14-4-7-18(8-5-14)10-13-2-3-13/h11,13-14,17H,2-10H2,1H3. The number of thiazole rings is 1. The summed E-state index contributed by atoms with van der Waals surface area (Å²) in [6.45, 7) is 5.20. The minimum atomic E-state index is -3.19. The Bertz CT molecular complexity index is 588. The van der Waals surface area contributed by atoms with Gasteiger partial charge in [-0.05, 0) is 58.0 Å². The lowest BCUT2D eigenvalue weighted by atomic mass is 10.1. The van der Waals surface area contributed by atoms with Crippen LogP contribution in [0.1, 0.15) is 36.3 Å². The van der Waals surface area contributed by atoms with Crippen molar-refractivity contribution in [2.24, 2.45) is 5.92 Å². The number of aromatic nitrogens is 1. The Morgan fingerprint density at radius 2 is 2.05 bits per heavy atom. The summed E-state index contributed by atoms with van der Waals surface area (Å²) in [7, 11) is -3.19. The number of piperidine rings is 1. The van der Waals surface area contributed by atoms with Gasteiger partial charge in [0, 0.05) is 17.5 Å². The summed E-state index contributed by atoms with van der Waals surface area (Å²) in [4.78, 5) is 7.73. The van der Waals surface area contributed by atoms with Crippen molar-refractivity contribution in [3.05, 3.63) is 16.1 Å². The van der Waals surface area contributed by atoms with Gasteiger partial charge in [-0.1, -0.05) is 0 Å². The van der Waals surface area contributed by atoms with Crippen LogP contribution in [0.5, 0.6) is 0 Å². The van der Waals surface area contributed by atoms with E-state index < -0.39 is 10.0 Å². The molecule has 0 bridgehead atoms. The fourth-order valence-electron chi connectivity index (χ4n) is 3.01. The van der Waals surface area contributed by atoms with Crippen molar-refractivity contribution < 1.29 is 8.42 Å². The zero-order chi connectivity index (χ0) is 15.6. The largest absolute Gasteiger partial charge is 0.303 e. The van der Waals surface area contributed by atoms with Crippen molar-refractivity contribution in [1.29, 1.82) is 0 Å². The smallest absolute Gasteiger partial charge is 0.212 e. The molecular weight excluding hydrogens is 318 g/mol. The van der Waals surface area contributed by atoms with Gasteiger partial charge in [0.2, 0.25) is 10.0 Å². The summed E-state index contributed by atoms with van der Waals surface area (Å²) in [5.41, 5.74) is 2.73. The monoisotopic (exact) mass is 343 g/mol. The molecule has 1 aromatic rings. The number of aryl methyl sites for hydroxylation is 2. The van der Waals surface area contributed by atoms with Crippen molar-refractivity contribution in [2.75, 3.05) is 25.4 Å². The Morgan fingerprint density at radius 3 is 2.64 bits per heavy atom. The summed E-state index contributed by atoms with van der Waals surface area (Å²) in [6, 6.07) is 0.114. The van der Waals surface area contributed by atoms with Crippen LogP contribution in [-0.2, 0) is 16.4 Å². The van der Waals surface area contributed by atoms with E-state index in [-0.39, 0.29) is 11.8 Å². The van der Waals surface area contributed by atoms with Crippen LogP contribution < -0.4 is 4.72 Å². The van der Waals surface area contributed by atoms with Crippen LogP contribution in [0.15, 0.2) is 5.51 Å². The molecule has 1 aliphatic carbocycles. The molecule has 0 amide bonds. The average Bonchev–Trinajstić information content (AvgIpc) is 3.19. The van der Waals surface area contributed by atoms with E-state index in [4.69, 9.17) is 0 Å². The first-order valence-corrected chi connectivity index (χ1v) is 10.7. The van der Waals surface area contributed by atoms with E-state index >= 15 is 0 Å². The Hall–Kier alpha value is -0.500. The van der Waals surface area contributed by atoms with Gasteiger partial charge in [0.05, 0.1) is 17.0 Å². The highest BCUT2D eigenvalue weighted by atomic mass is 32.2. The van der Waals surface area contributed by atoms with E-state index in [1.54, 1.807) is 5.51 Å². The summed E-state index contributed by atoms with van der Waals surface area (Å²) >= 11 is 1.54. The summed E-state index contributed by atoms with van der Waals surface area (Å²) in [5.74, 6) is 1.08. The first kappa shape index (κ1) is 16.4. The third-order valence-corrected chi connectivity index (χ3v) is 7.02. The molecule has 1 saturated carbocycles. The van der Waals surface area contributed by atoms with Crippen LogP contribution in [0.4, 0.5) is 0 Å². The van der Waals surface area contributed by atoms with Crippen molar-refractivity contribution in [1.82, 2.24) is 14.6 Å². The van der Waals surface area contributed by atoms with Gasteiger partial charge < -0.3 is 4.90 Å². The van der Waals surface area contributed by atoms with Gasteiger partial charge in [-0.25, -0.2) is 18.1 Å². The number of hydrogen-bond acceptors (Lipinski definition) is 5. The second kappa shape index (κ2) is 6.95. The second-order valence-electron chi connectivity index (χ2n) is 6.57. The molecule has 1 N–H and O–H groups in total. The molecule has 3 rings (SSSR count). The van der Waals surface area contributed by atoms with Crippen LogP contribution in [0.3, 0.4) is 0 Å². The average molecular weight is 344 g/mol. The van der Waals surface area contributed by atoms with Gasteiger partial charge in [0.15, 0.2) is 0 Å². The first-order chi connectivity index (χ1) is 10.5. The number of nitrogens with one attached hydrogen (secondary N) is 1. The van der Waals surface area contributed by atoms with Crippen LogP contribution in [-0.4, -0.2) is 49.7 Å². The van der Waals surface area contributed by atoms with E-state index in [9.17, 15) is 8.42 Å². The van der Waals surface area contributed by atoms with Gasteiger partial charge >= 0.3 is 0 Å². The highest BCUT2D eigenvalue weighted by Crippen LogP contribution is 2.30. The third-order valence-electron chi connectivity index (χ3n) is 4.59. The highest BCUT2D eigenvalue weighted by molar-refractivity contribution is 7.89. The van der Waals surface area contributed by atoms with Crippen molar-refractivity contribution in [2.45, 2.75) is 45.1 Å². The van der Waals surface area contributed by atoms with Crippen LogP contribution in [0.25, 0.3) is 0 Å². The zero-order valence-corrected chi connectivity index (χ0v) is 14.8. The van der Waals surface area contributed by atoms with Crippen molar-refractivity contribution in [3.8, 4) is 0 Å². The van der Waals surface area contributed by atoms with Gasteiger partial charge in [-0.2, -0.15) is 0 Å². The third kappa shape index (κ3) is 4.75. The quantitative estimate of drug-likeness (QED) is 0.820. The Balaban J connectivity index is 1.42. The lowest BCUT2D eigenvalue weighted by Crippen LogP contribution is -2.45. The second-order valence-corrected chi connectivity index (χ2v) is 9.38. The van der Waals surface area contributed by atoms with E-state index in [1.165, 1.54) is 30.7 Å². The predicted octanol–water partition coefficient (Wildman–Crippen LogP) is 1.79. The maximum absolute atomic E-state index is 12.2. The Kier molecular flexibility index (Phi) is 5.17. The Labute approximate surface area is 137 Å². The fraction of sp³-hybridized carbons (Fsp3) is 0.800. The van der Waals surface area contributed by atoms with Gasteiger partial charge in [0.25, 0.3) is 0 Å². The molecule has 0 aromatic carbocycles. The first-order valence-electron chi connectivity index (χ1n) is 8.13. The van der Waals surface area contributed by atoms with Crippen molar-refractivity contribution in [3.63, 3.8) is 0 Å². The molecule has 0 spiro atoms. The maximum atomic E-state index is 12.2. The van der Waals surface area contributed by atoms with E-state index in [1.807, 2.05) is 6.92 Å². The molecule has 2 heterocycles. The molecule has 1 saturated heterocycles. The molecule has 0 atom stereocenters. The molecule has 124 valence electrons. The number of likely N-dealkylation sites (tertiary alicyclic amines) is 1. The number of nitrogens with zero attached hydrogens (tertiary/aromatic N) is 2. The Morgan fingerprint density at radius 1 is 1.32 bits per heavy atom. The molecule has 22 heavy (non-hydrogen) atoms. The number of hydrogen-bond donors (Lipinski definition) is 1. The molecule has 1 aliphatic heterocycles. The molecule has 0 radical (unpaired) electrons. The topological polar surface area (TPSA) is 62.3 Å². The number of sulfonamides is 1. The molecule has 1 aromatic heterocycles. The summed E-state index contributed by atoms with van der Waals surface area (Å²) in [6.07, 6.45) is 5.19. The van der Waals surface area contributed by atoms with Gasteiger partial charge in [-0.15, -0.1) is 11.3 Å². The normalized spacial score (nSPS) is 21.3. The highest BCUT2D eigenvalue weighted by Gasteiger charge is 2.28. The van der Waals surface area contributed by atoms with Crippen LogP contribution >= 0.6 is 11.3 Å². The van der Waals surface area contributed by atoms with Crippen molar-refractivity contribution >= 4 is 21.4 Å². The van der Waals surface area contributed by atoms with E-state index in [0.717, 1.165) is 42.4 Å². The minimum Gasteiger partial charge on any atom is -0.303 e. The molecule has 0 unspecified atom stereocenters. The summed E-state index contributed by atoms with van der Waals surface area (Å²) in [5, 5.41) is 0. The SMILES string of the molecule is Cc1ncsc1CCS(=O)(=O)NC1CCN(CC2CC2)CC1. The van der Waals surface area contributed by atoms with Gasteiger partial charge in [0.1, 0.15) is 0 Å². The van der Waals surface area contributed by atoms with Crippen LogP contribution in [0.2, 0.25) is 0 Å². The zero-order valence-electron chi connectivity index (χ0n) is 13.1. The fourth-order valence-corrected chi connectivity index (χ4v) is 5.25. The minimum absolute atomic E-state index is 0.114. The van der Waals surface area contributed by atoms with E-state index in [2.05, 4.69) is 14.6 Å². The maximum Gasteiger partial charge on any atom is 0.212 e. The lowest BCUT2D eigenvalue weighted by Gasteiger charge is -2.32. The van der Waals surface area contributed by atoms with E-state index in [0.29, 0.717) is 6.42 Å². The molecule has 5 nitrogen and oxygen atoms in total. The predicted molar refractivity (Wildman–Crippen MR) is 89.7 cm³/mol. The number of rotatable bonds is 7. The molecule has 7 heteroatoms. The molecular formula is C15H25N3O2S2.